The van der Waals surface area contributed by atoms with E-state index < -0.39 is 0 Å². The first kappa shape index (κ1) is 13.3. The Labute approximate surface area is 123 Å². The smallest absolute Gasteiger partial charge is 0.228 e. The Hall–Kier alpha value is -2.69. The lowest BCUT2D eigenvalue weighted by Crippen LogP contribution is -2.05. The lowest BCUT2D eigenvalue weighted by molar-refractivity contribution is 0.376. The molecule has 3 rings (SSSR count). The molecule has 0 radical (unpaired) electrons. The Bertz CT molecular complexity index is 667. The summed E-state index contributed by atoms with van der Waals surface area (Å²) in [6, 6.07) is 15.8. The van der Waals surface area contributed by atoms with Gasteiger partial charge in [0.1, 0.15) is 0 Å². The summed E-state index contributed by atoms with van der Waals surface area (Å²) in [5, 5.41) is 7.30. The second-order valence-electron chi connectivity index (χ2n) is 4.64. The third kappa shape index (κ3) is 3.89. The summed E-state index contributed by atoms with van der Waals surface area (Å²) in [5.41, 5.74) is 2.03. The van der Waals surface area contributed by atoms with Gasteiger partial charge in [-0.2, -0.15) is 4.98 Å². The zero-order valence-corrected chi connectivity index (χ0v) is 11.6. The van der Waals surface area contributed by atoms with Crippen LogP contribution in [0.1, 0.15) is 17.4 Å². The molecule has 0 aliphatic carbocycles. The molecule has 2 aromatic heterocycles. The van der Waals surface area contributed by atoms with Gasteiger partial charge in [-0.1, -0.05) is 29.4 Å². The Kier molecular flexibility index (Phi) is 4.21. The van der Waals surface area contributed by atoms with Crippen LogP contribution in [0.4, 0.5) is 5.69 Å². The minimum atomic E-state index is 0.594. The number of nitrogens with zero attached hydrogens (tertiary/aromatic N) is 3. The number of anilines is 1. The van der Waals surface area contributed by atoms with E-state index in [0.29, 0.717) is 24.6 Å². The van der Waals surface area contributed by atoms with Gasteiger partial charge >= 0.3 is 0 Å². The number of hydrogen-bond donors (Lipinski definition) is 1. The first-order chi connectivity index (χ1) is 10.4. The van der Waals surface area contributed by atoms with E-state index in [4.69, 9.17) is 4.52 Å². The average molecular weight is 280 g/mol. The van der Waals surface area contributed by atoms with Crippen molar-refractivity contribution in [1.29, 1.82) is 0 Å². The summed E-state index contributed by atoms with van der Waals surface area (Å²) < 4.78 is 5.25. The quantitative estimate of drug-likeness (QED) is 0.752. The van der Waals surface area contributed by atoms with Crippen LogP contribution in [0.2, 0.25) is 0 Å². The van der Waals surface area contributed by atoms with Gasteiger partial charge in [-0.3, -0.25) is 4.98 Å². The molecule has 0 fully saturated rings. The standard InChI is InChI=1S/C16H16N4O/c1-2-6-13(7-3-1)18-11-9-16-19-15(20-21-16)12-14-8-4-5-10-17-14/h1-8,10,18H,9,11-12H2. The summed E-state index contributed by atoms with van der Waals surface area (Å²) in [6.45, 7) is 0.759. The molecule has 5 heteroatoms. The van der Waals surface area contributed by atoms with E-state index in [2.05, 4.69) is 20.4 Å². The molecule has 0 unspecified atom stereocenters. The highest BCUT2D eigenvalue weighted by molar-refractivity contribution is 5.42. The summed E-state index contributed by atoms with van der Waals surface area (Å²) >= 11 is 0. The molecule has 0 aliphatic heterocycles. The van der Waals surface area contributed by atoms with Crippen LogP contribution in [-0.2, 0) is 12.8 Å². The van der Waals surface area contributed by atoms with Crippen molar-refractivity contribution in [2.75, 3.05) is 11.9 Å². The molecule has 106 valence electrons. The molecule has 3 aromatic rings. The van der Waals surface area contributed by atoms with Gasteiger partial charge in [0.2, 0.25) is 5.89 Å². The van der Waals surface area contributed by atoms with Crippen LogP contribution in [0.3, 0.4) is 0 Å². The molecule has 21 heavy (non-hydrogen) atoms. The second kappa shape index (κ2) is 6.65. The minimum Gasteiger partial charge on any atom is -0.385 e. The van der Waals surface area contributed by atoms with Crippen LogP contribution in [0.25, 0.3) is 0 Å². The summed E-state index contributed by atoms with van der Waals surface area (Å²) in [6.07, 6.45) is 3.06. The number of pyridine rings is 1. The first-order valence-electron chi connectivity index (χ1n) is 6.90. The van der Waals surface area contributed by atoms with E-state index in [1.54, 1.807) is 6.20 Å². The molecule has 0 amide bonds. The third-order valence-electron chi connectivity index (χ3n) is 3.02. The zero-order chi connectivity index (χ0) is 14.3. The van der Waals surface area contributed by atoms with Crippen LogP contribution >= 0.6 is 0 Å². The molecule has 0 aliphatic rings. The Balaban J connectivity index is 1.51. The lowest BCUT2D eigenvalue weighted by Gasteiger charge is -2.02. The van der Waals surface area contributed by atoms with Crippen molar-refractivity contribution >= 4 is 5.69 Å². The predicted octanol–water partition coefficient (Wildman–Crippen LogP) is 2.71. The molecular weight excluding hydrogens is 264 g/mol. The van der Waals surface area contributed by atoms with Gasteiger partial charge in [-0.15, -0.1) is 0 Å². The van der Waals surface area contributed by atoms with Gasteiger partial charge in [0.05, 0.1) is 6.42 Å². The maximum atomic E-state index is 5.25. The van der Waals surface area contributed by atoms with Crippen LogP contribution < -0.4 is 5.32 Å². The summed E-state index contributed by atoms with van der Waals surface area (Å²) in [5.74, 6) is 1.31. The van der Waals surface area contributed by atoms with Crippen molar-refractivity contribution in [2.24, 2.45) is 0 Å². The van der Waals surface area contributed by atoms with Crippen LogP contribution in [0.5, 0.6) is 0 Å². The molecule has 0 bridgehead atoms. The number of nitrogens with one attached hydrogen (secondary N) is 1. The van der Waals surface area contributed by atoms with E-state index in [-0.39, 0.29) is 0 Å². The van der Waals surface area contributed by atoms with Gasteiger partial charge in [-0.05, 0) is 24.3 Å². The maximum absolute atomic E-state index is 5.25. The predicted molar refractivity (Wildman–Crippen MR) is 80.0 cm³/mol. The number of aromatic nitrogens is 3. The first-order valence-corrected chi connectivity index (χ1v) is 6.90. The van der Waals surface area contributed by atoms with Crippen molar-refractivity contribution in [2.45, 2.75) is 12.8 Å². The lowest BCUT2D eigenvalue weighted by atomic mass is 10.2. The van der Waals surface area contributed by atoms with E-state index in [1.165, 1.54) is 0 Å². The van der Waals surface area contributed by atoms with Crippen LogP contribution in [-0.4, -0.2) is 21.7 Å². The fourth-order valence-electron chi connectivity index (χ4n) is 2.00. The van der Waals surface area contributed by atoms with Crippen molar-refractivity contribution in [3.8, 4) is 0 Å². The van der Waals surface area contributed by atoms with E-state index in [1.807, 2.05) is 48.5 Å². The summed E-state index contributed by atoms with van der Waals surface area (Å²) in [7, 11) is 0. The van der Waals surface area contributed by atoms with Gasteiger partial charge in [0, 0.05) is 30.5 Å². The fraction of sp³-hybridized carbons (Fsp3) is 0.188. The normalized spacial score (nSPS) is 10.5. The van der Waals surface area contributed by atoms with Crippen LogP contribution in [0.15, 0.2) is 59.3 Å². The van der Waals surface area contributed by atoms with Gasteiger partial charge in [0.15, 0.2) is 5.82 Å². The van der Waals surface area contributed by atoms with E-state index in [0.717, 1.165) is 17.9 Å². The molecule has 1 N–H and O–H groups in total. The van der Waals surface area contributed by atoms with Crippen molar-refractivity contribution in [3.05, 3.63) is 72.1 Å². The van der Waals surface area contributed by atoms with Crippen molar-refractivity contribution in [3.63, 3.8) is 0 Å². The highest BCUT2D eigenvalue weighted by Crippen LogP contribution is 2.07. The molecule has 1 aromatic carbocycles. The zero-order valence-electron chi connectivity index (χ0n) is 11.6. The summed E-state index contributed by atoms with van der Waals surface area (Å²) in [4.78, 5) is 8.63. The molecule has 5 nitrogen and oxygen atoms in total. The minimum absolute atomic E-state index is 0.594. The highest BCUT2D eigenvalue weighted by atomic mass is 16.5. The van der Waals surface area contributed by atoms with Gasteiger partial charge < -0.3 is 9.84 Å². The molecule has 0 atom stereocenters. The van der Waals surface area contributed by atoms with E-state index >= 15 is 0 Å². The number of rotatable bonds is 6. The SMILES string of the molecule is c1ccc(NCCc2nc(Cc3ccccn3)no2)cc1. The molecule has 2 heterocycles. The van der Waals surface area contributed by atoms with Gasteiger partial charge in [-0.25, -0.2) is 0 Å². The largest absolute Gasteiger partial charge is 0.385 e. The van der Waals surface area contributed by atoms with Crippen molar-refractivity contribution < 1.29 is 4.52 Å². The molecule has 0 saturated heterocycles. The maximum Gasteiger partial charge on any atom is 0.228 e. The number of para-hydroxylation sites is 1. The number of hydrogen-bond acceptors (Lipinski definition) is 5. The monoisotopic (exact) mass is 280 g/mol. The Morgan fingerprint density at radius 2 is 1.86 bits per heavy atom. The third-order valence-corrected chi connectivity index (χ3v) is 3.02. The number of benzene rings is 1. The van der Waals surface area contributed by atoms with E-state index in [9.17, 15) is 0 Å². The molecule has 0 spiro atoms. The Morgan fingerprint density at radius 3 is 2.67 bits per heavy atom. The topological polar surface area (TPSA) is 63.8 Å². The van der Waals surface area contributed by atoms with Crippen LogP contribution in [0, 0.1) is 0 Å². The molecular formula is C16H16N4O. The van der Waals surface area contributed by atoms with Crippen molar-refractivity contribution in [1.82, 2.24) is 15.1 Å². The van der Waals surface area contributed by atoms with Gasteiger partial charge in [0.25, 0.3) is 0 Å². The highest BCUT2D eigenvalue weighted by Gasteiger charge is 2.07. The fourth-order valence-corrected chi connectivity index (χ4v) is 2.00. The Morgan fingerprint density at radius 1 is 1.00 bits per heavy atom. The average Bonchev–Trinajstić information content (AvgIpc) is 2.97. The molecule has 0 saturated carbocycles. The second-order valence-corrected chi connectivity index (χ2v) is 4.64.